The molecule has 2 rings (SSSR count). The summed E-state index contributed by atoms with van der Waals surface area (Å²) < 4.78 is 0. The number of hydrogen-bond acceptors (Lipinski definition) is 5. The van der Waals surface area contributed by atoms with Crippen LogP contribution in [-0.4, -0.2) is 21.2 Å². The van der Waals surface area contributed by atoms with E-state index in [2.05, 4.69) is 27.1 Å². The molecule has 7 nitrogen and oxygen atoms in total. The molecule has 20 heavy (non-hydrogen) atoms. The fraction of sp³-hybridized carbons (Fsp3) is 0. The summed E-state index contributed by atoms with van der Waals surface area (Å²) in [6.45, 7) is 0. The van der Waals surface area contributed by atoms with Crippen molar-refractivity contribution in [3.8, 4) is 11.8 Å². The topological polar surface area (TPSA) is 127 Å². The van der Waals surface area contributed by atoms with Crippen LogP contribution in [0.3, 0.4) is 0 Å². The third-order valence-electron chi connectivity index (χ3n) is 2.37. The van der Waals surface area contributed by atoms with Crippen LogP contribution >= 0.6 is 0 Å². The van der Waals surface area contributed by atoms with E-state index in [1.54, 1.807) is 24.3 Å². The average Bonchev–Trinajstić information content (AvgIpc) is 2.39. The number of nitrogen functional groups attached to an aromatic ring is 2. The Bertz CT molecular complexity index is 681. The number of carbonyl (C=O) groups is 1. The Morgan fingerprint density at radius 2 is 1.70 bits per heavy atom. The number of amides is 1. The van der Waals surface area contributed by atoms with E-state index in [4.69, 9.17) is 16.6 Å². The zero-order valence-electron chi connectivity index (χ0n) is 10.3. The molecule has 0 unspecified atom stereocenters. The van der Waals surface area contributed by atoms with Gasteiger partial charge in [-0.2, -0.15) is 0 Å². The van der Waals surface area contributed by atoms with Gasteiger partial charge in [0, 0.05) is 11.3 Å². The molecule has 0 bridgehead atoms. The van der Waals surface area contributed by atoms with Crippen LogP contribution < -0.4 is 16.8 Å². The van der Waals surface area contributed by atoms with E-state index in [1.165, 1.54) is 6.33 Å². The summed E-state index contributed by atoms with van der Waals surface area (Å²) in [5.41, 5.74) is 12.8. The van der Waals surface area contributed by atoms with Gasteiger partial charge in [-0.05, 0) is 24.3 Å². The van der Waals surface area contributed by atoms with Crippen molar-refractivity contribution in [2.75, 3.05) is 16.8 Å². The van der Waals surface area contributed by atoms with Gasteiger partial charge in [0.05, 0.1) is 0 Å². The summed E-state index contributed by atoms with van der Waals surface area (Å²) in [4.78, 5) is 18.1. The third kappa shape index (κ3) is 3.14. The maximum Gasteiger partial charge on any atom is 0.409 e. The van der Waals surface area contributed by atoms with Crippen molar-refractivity contribution < 1.29 is 9.90 Å². The van der Waals surface area contributed by atoms with Gasteiger partial charge in [0.15, 0.2) is 0 Å². The maximum absolute atomic E-state index is 10.5. The maximum atomic E-state index is 10.5. The molecule has 100 valence electrons. The number of carboxylic acid groups (broad SMARTS) is 1. The first kappa shape index (κ1) is 13.2. The fourth-order valence-electron chi connectivity index (χ4n) is 1.44. The van der Waals surface area contributed by atoms with Crippen LogP contribution in [0.5, 0.6) is 0 Å². The van der Waals surface area contributed by atoms with Crippen molar-refractivity contribution >= 4 is 23.4 Å². The molecule has 1 aromatic carbocycles. The highest BCUT2D eigenvalue weighted by atomic mass is 16.4. The second-order valence-electron chi connectivity index (χ2n) is 3.78. The molecule has 0 spiro atoms. The SMILES string of the molecule is Nc1ncnc(N)c1C#Cc1ccc(NC(=O)O)cc1. The van der Waals surface area contributed by atoms with E-state index in [1.807, 2.05) is 0 Å². The van der Waals surface area contributed by atoms with E-state index < -0.39 is 6.09 Å². The minimum Gasteiger partial charge on any atom is -0.465 e. The molecule has 7 heteroatoms. The van der Waals surface area contributed by atoms with Crippen LogP contribution in [0.4, 0.5) is 22.1 Å². The quantitative estimate of drug-likeness (QED) is 0.575. The normalized spacial score (nSPS) is 9.40. The molecule has 0 aliphatic carbocycles. The lowest BCUT2D eigenvalue weighted by Crippen LogP contribution is -2.06. The third-order valence-corrected chi connectivity index (χ3v) is 2.37. The summed E-state index contributed by atoms with van der Waals surface area (Å²) in [5, 5.41) is 10.8. The number of hydrogen-bond donors (Lipinski definition) is 4. The molecule has 0 fully saturated rings. The lowest BCUT2D eigenvalue weighted by molar-refractivity contribution is 0.210. The molecule has 1 heterocycles. The number of aromatic nitrogens is 2. The molecule has 0 radical (unpaired) electrons. The Hall–Kier alpha value is -3.27. The zero-order chi connectivity index (χ0) is 14.5. The van der Waals surface area contributed by atoms with Crippen molar-refractivity contribution in [2.45, 2.75) is 0 Å². The molecule has 1 amide bonds. The van der Waals surface area contributed by atoms with Crippen LogP contribution in [0, 0.1) is 11.8 Å². The lowest BCUT2D eigenvalue weighted by Gasteiger charge is -2.00. The molecule has 0 atom stereocenters. The Kier molecular flexibility index (Phi) is 3.67. The van der Waals surface area contributed by atoms with Crippen LogP contribution in [0.15, 0.2) is 30.6 Å². The number of nitrogens with two attached hydrogens (primary N) is 2. The van der Waals surface area contributed by atoms with Crippen LogP contribution in [0.25, 0.3) is 0 Å². The van der Waals surface area contributed by atoms with E-state index in [9.17, 15) is 4.79 Å². The first-order valence-electron chi connectivity index (χ1n) is 5.54. The fourth-order valence-corrected chi connectivity index (χ4v) is 1.44. The molecule has 0 aliphatic rings. The van der Waals surface area contributed by atoms with E-state index in [0.29, 0.717) is 16.8 Å². The molecule has 1 aromatic heterocycles. The van der Waals surface area contributed by atoms with Gasteiger partial charge < -0.3 is 16.6 Å². The minimum atomic E-state index is -1.12. The highest BCUT2D eigenvalue weighted by Gasteiger charge is 2.02. The van der Waals surface area contributed by atoms with Crippen LogP contribution in [0.2, 0.25) is 0 Å². The standard InChI is InChI=1S/C13H11N5O2/c14-11-10(12(15)17-7-16-11)6-3-8-1-4-9(5-2-8)18-13(19)20/h1-2,4-5,7,18H,(H,19,20)(H4,14,15,16,17). The molecule has 0 saturated heterocycles. The minimum absolute atomic E-state index is 0.217. The number of benzene rings is 1. The smallest absolute Gasteiger partial charge is 0.409 e. The van der Waals surface area contributed by atoms with Gasteiger partial charge in [0.25, 0.3) is 0 Å². The summed E-state index contributed by atoms with van der Waals surface area (Å²) in [6, 6.07) is 6.56. The summed E-state index contributed by atoms with van der Waals surface area (Å²) in [7, 11) is 0. The Morgan fingerprint density at radius 1 is 1.10 bits per heavy atom. The molecule has 2 aromatic rings. The van der Waals surface area contributed by atoms with Gasteiger partial charge in [-0.25, -0.2) is 14.8 Å². The van der Waals surface area contributed by atoms with Gasteiger partial charge in [-0.1, -0.05) is 11.8 Å². The lowest BCUT2D eigenvalue weighted by atomic mass is 10.2. The molecule has 6 N–H and O–H groups in total. The zero-order valence-corrected chi connectivity index (χ0v) is 10.3. The number of nitrogens with zero attached hydrogens (tertiary/aromatic N) is 2. The number of nitrogens with one attached hydrogen (secondary N) is 1. The number of rotatable bonds is 1. The van der Waals surface area contributed by atoms with Gasteiger partial charge in [0.1, 0.15) is 23.5 Å². The molecule has 0 saturated carbocycles. The summed E-state index contributed by atoms with van der Waals surface area (Å²) >= 11 is 0. The van der Waals surface area contributed by atoms with Crippen molar-refractivity contribution in [3.05, 3.63) is 41.7 Å². The Balaban J connectivity index is 2.23. The predicted molar refractivity (Wildman–Crippen MR) is 74.9 cm³/mol. The second-order valence-corrected chi connectivity index (χ2v) is 3.78. The first-order valence-corrected chi connectivity index (χ1v) is 5.54. The van der Waals surface area contributed by atoms with E-state index in [0.717, 1.165) is 0 Å². The monoisotopic (exact) mass is 269 g/mol. The highest BCUT2D eigenvalue weighted by Crippen LogP contribution is 2.13. The second kappa shape index (κ2) is 5.58. The highest BCUT2D eigenvalue weighted by molar-refractivity contribution is 5.82. The van der Waals surface area contributed by atoms with Crippen molar-refractivity contribution in [1.29, 1.82) is 0 Å². The predicted octanol–water partition coefficient (Wildman–Crippen LogP) is 1.13. The van der Waals surface area contributed by atoms with Crippen molar-refractivity contribution in [3.63, 3.8) is 0 Å². The summed E-state index contributed by atoms with van der Waals surface area (Å²) in [6.07, 6.45) is 0.146. The first-order chi connectivity index (χ1) is 9.56. The van der Waals surface area contributed by atoms with Gasteiger partial charge in [0.2, 0.25) is 0 Å². The Morgan fingerprint density at radius 3 is 2.25 bits per heavy atom. The van der Waals surface area contributed by atoms with Crippen LogP contribution in [-0.2, 0) is 0 Å². The average molecular weight is 269 g/mol. The Labute approximate surface area is 114 Å². The van der Waals surface area contributed by atoms with Gasteiger partial charge in [-0.3, -0.25) is 5.32 Å². The van der Waals surface area contributed by atoms with Crippen molar-refractivity contribution in [2.24, 2.45) is 0 Å². The van der Waals surface area contributed by atoms with Gasteiger partial charge in [-0.15, -0.1) is 0 Å². The molecule has 0 aliphatic heterocycles. The van der Waals surface area contributed by atoms with Gasteiger partial charge >= 0.3 is 6.09 Å². The molecular formula is C13H11N5O2. The largest absolute Gasteiger partial charge is 0.465 e. The van der Waals surface area contributed by atoms with Crippen molar-refractivity contribution in [1.82, 2.24) is 9.97 Å². The summed E-state index contributed by atoms with van der Waals surface area (Å²) in [5.74, 6) is 6.09. The number of anilines is 3. The van der Waals surface area contributed by atoms with E-state index in [-0.39, 0.29) is 11.6 Å². The molecular weight excluding hydrogens is 258 g/mol. The van der Waals surface area contributed by atoms with E-state index >= 15 is 0 Å². The van der Waals surface area contributed by atoms with Crippen LogP contribution in [0.1, 0.15) is 11.1 Å².